The van der Waals surface area contributed by atoms with E-state index in [1.54, 1.807) is 0 Å². The maximum Gasteiger partial charge on any atom is 0.162 e. The summed E-state index contributed by atoms with van der Waals surface area (Å²) >= 11 is 0. The predicted molar refractivity (Wildman–Crippen MR) is 230 cm³/mol. The number of epoxide rings is 1. The number of carbonyl (C=O) groups excluding carboxylic acids is 2. The van der Waals surface area contributed by atoms with Gasteiger partial charge in [-0.3, -0.25) is 14.5 Å². The second-order valence-corrected chi connectivity index (χ2v) is 22.9. The molecule has 0 aromatic heterocycles. The number of rotatable bonds is 8. The number of aliphatic hydroxyl groups excluding tert-OH is 3. The summed E-state index contributed by atoms with van der Waals surface area (Å²) in [6, 6.07) is 6.81. The quantitative estimate of drug-likeness (QED) is 0.216. The van der Waals surface area contributed by atoms with Crippen LogP contribution in [0.4, 0.5) is 0 Å². The van der Waals surface area contributed by atoms with E-state index in [0.717, 1.165) is 49.1 Å². The Bertz CT molecular complexity index is 2110. The molecule has 0 spiro atoms. The number of ketones is 2. The maximum absolute atomic E-state index is 15.3. The molecule has 1 aromatic rings. The number of carbonyl (C=O) groups is 2. The third-order valence-corrected chi connectivity index (χ3v) is 18.3. The van der Waals surface area contributed by atoms with E-state index in [2.05, 4.69) is 79.8 Å². The summed E-state index contributed by atoms with van der Waals surface area (Å²) in [7, 11) is 0. The Morgan fingerprint density at radius 3 is 2.36 bits per heavy atom. The van der Waals surface area contributed by atoms with Crippen LogP contribution in [-0.4, -0.2) is 76.7 Å². The van der Waals surface area contributed by atoms with Gasteiger partial charge >= 0.3 is 0 Å². The maximum atomic E-state index is 15.3. The standard InChI is InChI=1S/C51H70N2O6/c1-28-18-29(2)20-30(19-28)21-33-26-53-27-34-38-39(48(7,23-36(56)45-47(5,6)59-45)15-13-32-25-52-40(33)41(32)53)35(55)24-51(38,10)50(9)16-14-37-46(3,4)44(58)31(12-11-17-54)22-49(37,8)43(50)42(34)57/h18-20,25,31,34,36-37,42-43,45,54,56-57H,11-17,21-24,26-27H2,1-10H3/p+1. The van der Waals surface area contributed by atoms with Crippen LogP contribution in [0.15, 0.2) is 56.9 Å². The summed E-state index contributed by atoms with van der Waals surface area (Å²) in [6.45, 7) is 23.5. The second-order valence-electron chi connectivity index (χ2n) is 22.9. The molecule has 4 heterocycles. The van der Waals surface area contributed by atoms with E-state index >= 15 is 4.79 Å². The van der Waals surface area contributed by atoms with Crippen molar-refractivity contribution in [2.75, 3.05) is 19.7 Å². The fourth-order valence-electron chi connectivity index (χ4n) is 15.8. The number of hydrogen-bond donors (Lipinski definition) is 4. The lowest BCUT2D eigenvalue weighted by molar-refractivity contribution is -0.852. The number of fused-ring (bicyclic) bond motifs is 4. The topological polar surface area (TPSA) is 124 Å². The lowest BCUT2D eigenvalue weighted by Crippen LogP contribution is -3.10. The summed E-state index contributed by atoms with van der Waals surface area (Å²) in [4.78, 5) is 36.0. The molecule has 59 heavy (non-hydrogen) atoms. The SMILES string of the molecule is Cc1cc(C)cc(CC2=C3N=CC4=C3[NH+](C2)CC2C3=C(C(=O)CC3(C)C3(C)CCC5C(C)(C)C(=O)C(CCCO)CC5(C)C3C2O)C(C)(CC(O)C2OC2(C)C)CC4)c1. The highest BCUT2D eigenvalue weighted by molar-refractivity contribution is 6.02. The van der Waals surface area contributed by atoms with Crippen molar-refractivity contribution < 1.29 is 34.5 Å². The average Bonchev–Trinajstić information content (AvgIpc) is 3.39. The first kappa shape index (κ1) is 41.6. The number of nitrogens with one attached hydrogen (secondary N) is 1. The molecule has 3 saturated carbocycles. The summed E-state index contributed by atoms with van der Waals surface area (Å²) in [5.41, 5.74) is 7.88. The Balaban J connectivity index is 1.20. The van der Waals surface area contributed by atoms with Crippen molar-refractivity contribution in [2.45, 2.75) is 157 Å². The molecular weight excluding hydrogens is 737 g/mol. The molecule has 4 N–H and O–H groups in total. The summed E-state index contributed by atoms with van der Waals surface area (Å²) in [5.74, 6) is -0.0148. The van der Waals surface area contributed by atoms with Crippen LogP contribution in [-0.2, 0) is 20.7 Å². The Labute approximate surface area is 352 Å². The number of aliphatic hydroxyl groups is 3. The number of nitrogens with zero attached hydrogens (tertiary/aromatic N) is 1. The van der Waals surface area contributed by atoms with Crippen LogP contribution in [0.5, 0.6) is 0 Å². The van der Waals surface area contributed by atoms with Crippen molar-refractivity contribution in [3.05, 3.63) is 68.6 Å². The minimum absolute atomic E-state index is 0.0623. The highest BCUT2D eigenvalue weighted by Crippen LogP contribution is 2.76. The number of quaternary nitrogens is 1. The second kappa shape index (κ2) is 13.6. The highest BCUT2D eigenvalue weighted by Gasteiger charge is 2.74. The number of ether oxygens (including phenoxy) is 1. The molecule has 12 unspecified atom stereocenters. The molecule has 8 heteroatoms. The molecule has 8 nitrogen and oxygen atoms in total. The fourth-order valence-corrected chi connectivity index (χ4v) is 15.8. The van der Waals surface area contributed by atoms with Crippen LogP contribution in [0.2, 0.25) is 0 Å². The van der Waals surface area contributed by atoms with Crippen LogP contribution in [0.3, 0.4) is 0 Å². The van der Waals surface area contributed by atoms with Gasteiger partial charge in [0.15, 0.2) is 11.5 Å². The van der Waals surface area contributed by atoms with Gasteiger partial charge in [0.1, 0.15) is 24.1 Å². The number of hydrogen-bond acceptors (Lipinski definition) is 7. The Hall–Kier alpha value is -2.75. The molecule has 4 aliphatic carbocycles. The zero-order valence-corrected chi connectivity index (χ0v) is 37.6. The lowest BCUT2D eigenvalue weighted by atomic mass is 9.34. The van der Waals surface area contributed by atoms with E-state index in [4.69, 9.17) is 9.73 Å². The van der Waals surface area contributed by atoms with Crippen molar-refractivity contribution in [1.29, 1.82) is 0 Å². The zero-order chi connectivity index (χ0) is 42.4. The van der Waals surface area contributed by atoms with Crippen molar-refractivity contribution in [3.8, 4) is 0 Å². The van der Waals surface area contributed by atoms with Crippen LogP contribution >= 0.6 is 0 Å². The Kier molecular flexibility index (Phi) is 9.60. The molecule has 0 bridgehead atoms. The van der Waals surface area contributed by atoms with Gasteiger partial charge in [-0.15, -0.1) is 0 Å². The highest BCUT2D eigenvalue weighted by atomic mass is 16.6. The number of Topliss-reactive ketones (excluding diaryl/α,β-unsaturated/α-hetero) is 2. The molecular formula is C51H71N2O6+. The van der Waals surface area contributed by atoms with Crippen molar-refractivity contribution in [2.24, 2.45) is 55.7 Å². The molecule has 4 fully saturated rings. The molecule has 1 aromatic carbocycles. The predicted octanol–water partition coefficient (Wildman–Crippen LogP) is 6.76. The van der Waals surface area contributed by atoms with Crippen molar-refractivity contribution >= 4 is 17.8 Å². The molecule has 0 radical (unpaired) electrons. The molecule has 9 rings (SSSR count). The van der Waals surface area contributed by atoms with Crippen LogP contribution < -0.4 is 4.90 Å². The average molecular weight is 808 g/mol. The number of benzene rings is 1. The van der Waals surface area contributed by atoms with Gasteiger partial charge in [-0.1, -0.05) is 70.9 Å². The lowest BCUT2D eigenvalue weighted by Gasteiger charge is -2.70. The van der Waals surface area contributed by atoms with Gasteiger partial charge < -0.3 is 20.1 Å². The summed E-state index contributed by atoms with van der Waals surface area (Å²) in [6.07, 6.45) is 7.11. The molecule has 320 valence electrons. The van der Waals surface area contributed by atoms with Crippen molar-refractivity contribution in [1.82, 2.24) is 0 Å². The summed E-state index contributed by atoms with van der Waals surface area (Å²) < 4.78 is 6.02. The monoisotopic (exact) mass is 808 g/mol. The van der Waals surface area contributed by atoms with Gasteiger partial charge in [0.05, 0.1) is 30.3 Å². The van der Waals surface area contributed by atoms with Gasteiger partial charge in [-0.25, -0.2) is 4.99 Å². The molecule has 4 aliphatic heterocycles. The number of allylic oxidation sites excluding steroid dienone is 2. The van der Waals surface area contributed by atoms with E-state index in [9.17, 15) is 20.1 Å². The van der Waals surface area contributed by atoms with Gasteiger partial charge in [0.25, 0.3) is 0 Å². The summed E-state index contributed by atoms with van der Waals surface area (Å²) in [5, 5.41) is 35.5. The van der Waals surface area contributed by atoms with E-state index < -0.39 is 39.5 Å². The smallest absolute Gasteiger partial charge is 0.162 e. The first-order valence-corrected chi connectivity index (χ1v) is 23.0. The molecule has 12 atom stereocenters. The normalized spacial score (nSPS) is 42.2. The third kappa shape index (κ3) is 6.03. The Morgan fingerprint density at radius 1 is 1.00 bits per heavy atom. The van der Waals surface area contributed by atoms with E-state index in [0.29, 0.717) is 50.9 Å². The van der Waals surface area contributed by atoms with Gasteiger partial charge in [-0.2, -0.15) is 0 Å². The largest absolute Gasteiger partial charge is 0.396 e. The fraction of sp³-hybridized carbons (Fsp3) is 0.706. The van der Waals surface area contributed by atoms with Crippen molar-refractivity contribution in [3.63, 3.8) is 0 Å². The third-order valence-electron chi connectivity index (χ3n) is 18.3. The Morgan fingerprint density at radius 2 is 1.69 bits per heavy atom. The molecule has 8 aliphatic rings. The van der Waals surface area contributed by atoms with Crippen LogP contribution in [0, 0.1) is 64.6 Å². The molecule has 0 amide bonds. The minimum Gasteiger partial charge on any atom is -0.396 e. The number of aliphatic imine (C=N–C) groups is 1. The van der Waals surface area contributed by atoms with E-state index in [-0.39, 0.29) is 47.6 Å². The van der Waals surface area contributed by atoms with E-state index in [1.165, 1.54) is 38.4 Å². The van der Waals surface area contributed by atoms with Gasteiger partial charge in [0, 0.05) is 59.1 Å². The van der Waals surface area contributed by atoms with Crippen LogP contribution in [0.25, 0.3) is 0 Å². The van der Waals surface area contributed by atoms with E-state index in [1.807, 2.05) is 13.8 Å². The minimum atomic E-state index is -0.732. The van der Waals surface area contributed by atoms with Gasteiger partial charge in [-0.05, 0) is 118 Å². The van der Waals surface area contributed by atoms with Gasteiger partial charge in [0.2, 0.25) is 0 Å². The molecule has 1 saturated heterocycles. The first-order chi connectivity index (χ1) is 27.6. The first-order valence-electron chi connectivity index (χ1n) is 23.0. The van der Waals surface area contributed by atoms with Crippen LogP contribution in [0.1, 0.15) is 130 Å². The number of aryl methyl sites for hydroxylation is 2. The zero-order valence-electron chi connectivity index (χ0n) is 37.6.